The lowest BCUT2D eigenvalue weighted by Gasteiger charge is -2.20. The Bertz CT molecular complexity index is 1190. The molecule has 1 amide bonds. The molecule has 0 bridgehead atoms. The second kappa shape index (κ2) is 9.41. The lowest BCUT2D eigenvalue weighted by molar-refractivity contribution is -0.119. The summed E-state index contributed by atoms with van der Waals surface area (Å²) in [5.41, 5.74) is 3.73. The van der Waals surface area contributed by atoms with E-state index in [0.29, 0.717) is 17.3 Å². The van der Waals surface area contributed by atoms with Gasteiger partial charge in [-0.15, -0.1) is 0 Å². The highest BCUT2D eigenvalue weighted by Crippen LogP contribution is 2.33. The van der Waals surface area contributed by atoms with E-state index in [1.165, 1.54) is 16.9 Å². The molecule has 0 aliphatic heterocycles. The molecular weight excluding hydrogens is 406 g/mol. The van der Waals surface area contributed by atoms with Crippen LogP contribution in [0.2, 0.25) is 0 Å². The topological polar surface area (TPSA) is 66.2 Å². The summed E-state index contributed by atoms with van der Waals surface area (Å²) in [5, 5.41) is 9.41. The maximum Gasteiger partial charge on any atom is 0.271 e. The Balaban J connectivity index is 1.59. The summed E-state index contributed by atoms with van der Waals surface area (Å²) >= 11 is 1.48. The smallest absolute Gasteiger partial charge is 0.271 e. The fourth-order valence-electron chi connectivity index (χ4n) is 3.20. The number of nitrogens with zero attached hydrogens (tertiary/aromatic N) is 3. The summed E-state index contributed by atoms with van der Waals surface area (Å²) in [4.78, 5) is 19.5. The minimum atomic E-state index is -0.204. The SMILES string of the molecule is CCc1ccc(N(C(=O)COc2ccc(CC#N)cc2)c2nc3ccccc3s2)cc1. The third-order valence-corrected chi connectivity index (χ3v) is 5.92. The summed E-state index contributed by atoms with van der Waals surface area (Å²) < 4.78 is 6.77. The molecule has 1 aromatic heterocycles. The largest absolute Gasteiger partial charge is 0.484 e. The van der Waals surface area contributed by atoms with E-state index in [9.17, 15) is 4.79 Å². The van der Waals surface area contributed by atoms with Crippen molar-refractivity contribution in [2.75, 3.05) is 11.5 Å². The molecule has 0 aliphatic carbocycles. The van der Waals surface area contributed by atoms with E-state index < -0.39 is 0 Å². The number of carbonyl (C=O) groups is 1. The van der Waals surface area contributed by atoms with Crippen molar-refractivity contribution in [3.05, 3.63) is 83.9 Å². The van der Waals surface area contributed by atoms with Crippen LogP contribution in [0.5, 0.6) is 5.75 Å². The summed E-state index contributed by atoms with van der Waals surface area (Å²) in [6.07, 6.45) is 1.28. The standard InChI is InChI=1S/C25H21N3O2S/c1-2-18-7-11-20(12-8-18)28(25-27-22-5-3-4-6-23(22)31-25)24(29)17-30-21-13-9-19(10-14-21)15-16-26/h3-14H,2,15,17H2,1H3. The lowest BCUT2D eigenvalue weighted by Crippen LogP contribution is -2.30. The van der Waals surface area contributed by atoms with Crippen LogP contribution in [0, 0.1) is 11.3 Å². The van der Waals surface area contributed by atoms with Gasteiger partial charge < -0.3 is 4.74 Å². The minimum Gasteiger partial charge on any atom is -0.484 e. The molecule has 1 heterocycles. The van der Waals surface area contributed by atoms with E-state index >= 15 is 0 Å². The number of anilines is 2. The van der Waals surface area contributed by atoms with Crippen LogP contribution in [0.15, 0.2) is 72.8 Å². The number of carbonyl (C=O) groups excluding carboxylic acids is 1. The monoisotopic (exact) mass is 427 g/mol. The molecule has 5 nitrogen and oxygen atoms in total. The van der Waals surface area contributed by atoms with Gasteiger partial charge in [0.05, 0.1) is 28.4 Å². The third-order valence-electron chi connectivity index (χ3n) is 4.89. The molecule has 0 N–H and O–H groups in total. The van der Waals surface area contributed by atoms with Crippen molar-refractivity contribution in [1.29, 1.82) is 5.26 Å². The zero-order valence-electron chi connectivity index (χ0n) is 17.1. The second-order valence-electron chi connectivity index (χ2n) is 6.98. The summed E-state index contributed by atoms with van der Waals surface area (Å²) in [6.45, 7) is 1.98. The molecule has 0 saturated heterocycles. The van der Waals surface area contributed by atoms with Crippen molar-refractivity contribution in [3.8, 4) is 11.8 Å². The molecule has 6 heteroatoms. The van der Waals surface area contributed by atoms with E-state index in [1.807, 2.05) is 60.7 Å². The van der Waals surface area contributed by atoms with Crippen LogP contribution in [0.25, 0.3) is 10.2 Å². The maximum atomic E-state index is 13.2. The van der Waals surface area contributed by atoms with Crippen LogP contribution in [0.3, 0.4) is 0 Å². The number of hydrogen-bond donors (Lipinski definition) is 0. The van der Waals surface area contributed by atoms with Gasteiger partial charge in [-0.25, -0.2) is 4.98 Å². The fourth-order valence-corrected chi connectivity index (χ4v) is 4.21. The molecule has 0 atom stereocenters. The Labute approximate surface area is 185 Å². The van der Waals surface area contributed by atoms with Gasteiger partial charge in [-0.2, -0.15) is 5.26 Å². The molecule has 0 unspecified atom stereocenters. The maximum absolute atomic E-state index is 13.2. The van der Waals surface area contributed by atoms with Crippen molar-refractivity contribution < 1.29 is 9.53 Å². The van der Waals surface area contributed by atoms with E-state index in [4.69, 9.17) is 10.00 Å². The first-order valence-corrected chi connectivity index (χ1v) is 10.9. The van der Waals surface area contributed by atoms with E-state index in [1.54, 1.807) is 17.0 Å². The summed E-state index contributed by atoms with van der Waals surface area (Å²) in [7, 11) is 0. The van der Waals surface area contributed by atoms with E-state index in [0.717, 1.165) is 27.9 Å². The quantitative estimate of drug-likeness (QED) is 0.381. The number of fused-ring (bicyclic) bond motifs is 1. The highest BCUT2D eigenvalue weighted by atomic mass is 32.1. The Kier molecular flexibility index (Phi) is 6.25. The molecule has 0 fully saturated rings. The van der Waals surface area contributed by atoms with Crippen LogP contribution in [-0.4, -0.2) is 17.5 Å². The van der Waals surface area contributed by atoms with Gasteiger partial charge in [-0.05, 0) is 53.9 Å². The number of nitriles is 1. The predicted molar refractivity (Wildman–Crippen MR) is 124 cm³/mol. The Morgan fingerprint density at radius 2 is 1.74 bits per heavy atom. The summed E-state index contributed by atoms with van der Waals surface area (Å²) in [5.74, 6) is 0.380. The number of amides is 1. The number of aromatic nitrogens is 1. The molecule has 0 aliphatic rings. The first-order chi connectivity index (χ1) is 15.2. The number of hydrogen-bond acceptors (Lipinski definition) is 5. The molecule has 0 saturated carbocycles. The number of rotatable bonds is 7. The Morgan fingerprint density at radius 1 is 1.03 bits per heavy atom. The fraction of sp³-hybridized carbons (Fsp3) is 0.160. The Morgan fingerprint density at radius 3 is 2.42 bits per heavy atom. The van der Waals surface area contributed by atoms with Gasteiger partial charge in [-0.3, -0.25) is 9.69 Å². The predicted octanol–water partition coefficient (Wildman–Crippen LogP) is 5.67. The molecule has 0 spiro atoms. The van der Waals surface area contributed by atoms with Crippen LogP contribution in [0.4, 0.5) is 10.8 Å². The van der Waals surface area contributed by atoms with Crippen LogP contribution in [0.1, 0.15) is 18.1 Å². The number of para-hydroxylation sites is 1. The molecule has 4 aromatic rings. The third kappa shape index (κ3) is 4.73. The van der Waals surface area contributed by atoms with Gasteiger partial charge in [0.25, 0.3) is 5.91 Å². The van der Waals surface area contributed by atoms with Crippen molar-refractivity contribution in [2.45, 2.75) is 19.8 Å². The molecule has 154 valence electrons. The molecular formula is C25H21N3O2S. The second-order valence-corrected chi connectivity index (χ2v) is 7.99. The van der Waals surface area contributed by atoms with Gasteiger partial charge in [0.2, 0.25) is 0 Å². The number of thiazole rings is 1. The normalized spacial score (nSPS) is 10.6. The molecule has 3 aromatic carbocycles. The average molecular weight is 428 g/mol. The summed E-state index contributed by atoms with van der Waals surface area (Å²) in [6, 6.07) is 25.1. The highest BCUT2D eigenvalue weighted by Gasteiger charge is 2.22. The van der Waals surface area contributed by atoms with Crippen LogP contribution in [-0.2, 0) is 17.6 Å². The van der Waals surface area contributed by atoms with Gasteiger partial charge in [-0.1, -0.05) is 54.7 Å². The van der Waals surface area contributed by atoms with Gasteiger partial charge >= 0.3 is 0 Å². The van der Waals surface area contributed by atoms with Crippen LogP contribution < -0.4 is 9.64 Å². The van der Waals surface area contributed by atoms with Crippen molar-refractivity contribution in [3.63, 3.8) is 0 Å². The van der Waals surface area contributed by atoms with Gasteiger partial charge in [0.1, 0.15) is 5.75 Å². The minimum absolute atomic E-state index is 0.122. The van der Waals surface area contributed by atoms with E-state index in [2.05, 4.69) is 18.0 Å². The number of ether oxygens (including phenoxy) is 1. The van der Waals surface area contributed by atoms with Gasteiger partial charge in [0, 0.05) is 0 Å². The average Bonchev–Trinajstić information content (AvgIpc) is 3.23. The highest BCUT2D eigenvalue weighted by molar-refractivity contribution is 7.22. The molecule has 0 radical (unpaired) electrons. The first-order valence-electron chi connectivity index (χ1n) is 10.0. The first kappa shape index (κ1) is 20.6. The zero-order valence-corrected chi connectivity index (χ0v) is 17.9. The number of aryl methyl sites for hydroxylation is 1. The van der Waals surface area contributed by atoms with E-state index in [-0.39, 0.29) is 12.5 Å². The van der Waals surface area contributed by atoms with Gasteiger partial charge in [0.15, 0.2) is 11.7 Å². The lowest BCUT2D eigenvalue weighted by atomic mass is 10.1. The number of benzene rings is 3. The molecule has 31 heavy (non-hydrogen) atoms. The Hall–Kier alpha value is -3.69. The molecule has 4 rings (SSSR count). The van der Waals surface area contributed by atoms with Crippen molar-refractivity contribution >= 4 is 38.3 Å². The van der Waals surface area contributed by atoms with Crippen LogP contribution >= 0.6 is 11.3 Å². The van der Waals surface area contributed by atoms with Crippen molar-refractivity contribution in [2.24, 2.45) is 0 Å². The van der Waals surface area contributed by atoms with Crippen molar-refractivity contribution in [1.82, 2.24) is 4.98 Å². The zero-order chi connectivity index (χ0) is 21.6.